The molecule has 20 heavy (non-hydrogen) atoms. The van der Waals surface area contributed by atoms with Crippen LogP contribution in [0.3, 0.4) is 0 Å². The lowest BCUT2D eigenvalue weighted by Crippen LogP contribution is -2.48. The van der Waals surface area contributed by atoms with Gasteiger partial charge in [0.05, 0.1) is 17.9 Å². The summed E-state index contributed by atoms with van der Waals surface area (Å²) in [5.74, 6) is 1.50. The lowest BCUT2D eigenvalue weighted by atomic mass is 10.1. The van der Waals surface area contributed by atoms with Gasteiger partial charge < -0.3 is 15.4 Å². The standard InChI is InChI=1S/C15H22N2O2S/c1-4-19-14-12(6-5-7-13(14)16)15(18)17-8-9-20-11(3)10(17)2/h5-7,10-11H,4,8-9,16H2,1-3H3. The SMILES string of the molecule is CCOc1c(N)cccc1C(=O)N1CCSC(C)C1C. The van der Waals surface area contributed by atoms with Crippen molar-refractivity contribution in [2.24, 2.45) is 0 Å². The van der Waals surface area contributed by atoms with Gasteiger partial charge >= 0.3 is 0 Å². The van der Waals surface area contributed by atoms with Crippen LogP contribution in [0.2, 0.25) is 0 Å². The number of para-hydroxylation sites is 1. The van der Waals surface area contributed by atoms with E-state index in [4.69, 9.17) is 10.5 Å². The fourth-order valence-electron chi connectivity index (χ4n) is 2.40. The molecule has 2 N–H and O–H groups in total. The zero-order valence-corrected chi connectivity index (χ0v) is 13.1. The normalized spacial score (nSPS) is 22.6. The number of benzene rings is 1. The van der Waals surface area contributed by atoms with Crippen molar-refractivity contribution >= 4 is 23.4 Å². The van der Waals surface area contributed by atoms with Crippen LogP contribution < -0.4 is 10.5 Å². The number of nitrogen functional groups attached to an aromatic ring is 1. The molecule has 0 radical (unpaired) electrons. The Kier molecular flexibility index (Phi) is 4.81. The highest BCUT2D eigenvalue weighted by molar-refractivity contribution is 8.00. The monoisotopic (exact) mass is 294 g/mol. The molecule has 1 aliphatic heterocycles. The molecule has 4 nitrogen and oxygen atoms in total. The number of thioether (sulfide) groups is 1. The number of amides is 1. The summed E-state index contributed by atoms with van der Waals surface area (Å²) in [6, 6.07) is 5.58. The molecule has 0 aliphatic carbocycles. The molecule has 1 saturated heterocycles. The third kappa shape index (κ3) is 2.87. The van der Waals surface area contributed by atoms with Crippen molar-refractivity contribution in [1.82, 2.24) is 4.90 Å². The number of hydrogen-bond donors (Lipinski definition) is 1. The van der Waals surface area contributed by atoms with E-state index in [0.717, 1.165) is 12.3 Å². The summed E-state index contributed by atoms with van der Waals surface area (Å²) in [7, 11) is 0. The van der Waals surface area contributed by atoms with E-state index in [-0.39, 0.29) is 11.9 Å². The van der Waals surface area contributed by atoms with Gasteiger partial charge in [-0.15, -0.1) is 0 Å². The number of nitrogens with two attached hydrogens (primary N) is 1. The van der Waals surface area contributed by atoms with Crippen LogP contribution in [0.1, 0.15) is 31.1 Å². The third-order valence-electron chi connectivity index (χ3n) is 3.71. The van der Waals surface area contributed by atoms with Crippen molar-refractivity contribution in [3.63, 3.8) is 0 Å². The highest BCUT2D eigenvalue weighted by atomic mass is 32.2. The second-order valence-corrected chi connectivity index (χ2v) is 6.46. The van der Waals surface area contributed by atoms with Gasteiger partial charge in [-0.1, -0.05) is 13.0 Å². The molecule has 1 heterocycles. The van der Waals surface area contributed by atoms with Crippen molar-refractivity contribution in [2.75, 3.05) is 24.6 Å². The molecule has 1 aromatic carbocycles. The number of nitrogens with zero attached hydrogens (tertiary/aromatic N) is 1. The summed E-state index contributed by atoms with van der Waals surface area (Å²) in [4.78, 5) is 14.7. The first kappa shape index (κ1) is 15.0. The molecular formula is C15H22N2O2S. The summed E-state index contributed by atoms with van der Waals surface area (Å²) in [5, 5.41) is 0.448. The molecule has 2 unspecified atom stereocenters. The van der Waals surface area contributed by atoms with Crippen LogP contribution in [0.25, 0.3) is 0 Å². The zero-order chi connectivity index (χ0) is 14.7. The maximum absolute atomic E-state index is 12.8. The molecule has 1 amide bonds. The molecular weight excluding hydrogens is 272 g/mol. The summed E-state index contributed by atoms with van der Waals surface area (Å²) in [6.07, 6.45) is 0. The molecule has 1 aliphatic rings. The van der Waals surface area contributed by atoms with Gasteiger partial charge in [-0.25, -0.2) is 0 Å². The van der Waals surface area contributed by atoms with E-state index in [2.05, 4.69) is 13.8 Å². The number of rotatable bonds is 3. The van der Waals surface area contributed by atoms with Crippen molar-refractivity contribution in [1.29, 1.82) is 0 Å². The Labute approximate surface area is 124 Å². The molecule has 1 fully saturated rings. The molecule has 1 aromatic rings. The first-order valence-electron chi connectivity index (χ1n) is 7.00. The molecule has 0 spiro atoms. The number of ether oxygens (including phenoxy) is 1. The quantitative estimate of drug-likeness (QED) is 0.871. The van der Waals surface area contributed by atoms with Gasteiger partial charge in [0.25, 0.3) is 5.91 Å². The number of anilines is 1. The van der Waals surface area contributed by atoms with E-state index in [1.54, 1.807) is 18.2 Å². The summed E-state index contributed by atoms with van der Waals surface area (Å²) < 4.78 is 5.56. The molecule has 2 atom stereocenters. The Bertz CT molecular complexity index is 493. The second kappa shape index (κ2) is 6.39. The van der Waals surface area contributed by atoms with Crippen molar-refractivity contribution < 1.29 is 9.53 Å². The average molecular weight is 294 g/mol. The summed E-state index contributed by atoms with van der Waals surface area (Å²) >= 11 is 1.91. The lowest BCUT2D eigenvalue weighted by molar-refractivity contribution is 0.0694. The Morgan fingerprint density at radius 3 is 2.95 bits per heavy atom. The van der Waals surface area contributed by atoms with E-state index in [1.807, 2.05) is 23.6 Å². The Hall–Kier alpha value is -1.36. The van der Waals surface area contributed by atoms with E-state index in [9.17, 15) is 4.79 Å². The second-order valence-electron chi connectivity index (χ2n) is 4.97. The van der Waals surface area contributed by atoms with E-state index in [0.29, 0.717) is 28.9 Å². The van der Waals surface area contributed by atoms with Crippen LogP contribution in [0.5, 0.6) is 5.75 Å². The maximum Gasteiger partial charge on any atom is 0.258 e. The van der Waals surface area contributed by atoms with Gasteiger partial charge in [0, 0.05) is 23.6 Å². The summed E-state index contributed by atoms with van der Waals surface area (Å²) in [6.45, 7) is 7.42. The largest absolute Gasteiger partial charge is 0.491 e. The van der Waals surface area contributed by atoms with Crippen LogP contribution in [0, 0.1) is 0 Å². The van der Waals surface area contributed by atoms with E-state index >= 15 is 0 Å². The molecule has 0 aromatic heterocycles. The summed E-state index contributed by atoms with van der Waals surface area (Å²) in [5.41, 5.74) is 7.02. The minimum Gasteiger partial charge on any atom is -0.491 e. The highest BCUT2D eigenvalue weighted by Gasteiger charge is 2.31. The highest BCUT2D eigenvalue weighted by Crippen LogP contribution is 2.31. The number of carbonyl (C=O) groups is 1. The minimum absolute atomic E-state index is 0.0143. The molecule has 2 rings (SSSR count). The predicted octanol–water partition coefficient (Wildman–Crippen LogP) is 2.63. The number of hydrogen-bond acceptors (Lipinski definition) is 4. The minimum atomic E-state index is 0.0143. The first-order valence-corrected chi connectivity index (χ1v) is 8.05. The van der Waals surface area contributed by atoms with E-state index in [1.165, 1.54) is 0 Å². The Morgan fingerprint density at radius 2 is 2.25 bits per heavy atom. The fraction of sp³-hybridized carbons (Fsp3) is 0.533. The van der Waals surface area contributed by atoms with Crippen LogP contribution in [-0.4, -0.2) is 41.0 Å². The van der Waals surface area contributed by atoms with Crippen LogP contribution in [0.4, 0.5) is 5.69 Å². The molecule has 0 bridgehead atoms. The molecule has 5 heteroatoms. The van der Waals surface area contributed by atoms with Gasteiger partial charge in [-0.05, 0) is 26.0 Å². The van der Waals surface area contributed by atoms with Crippen molar-refractivity contribution in [3.8, 4) is 5.75 Å². The van der Waals surface area contributed by atoms with Gasteiger partial charge in [-0.2, -0.15) is 11.8 Å². The first-order chi connectivity index (χ1) is 9.56. The zero-order valence-electron chi connectivity index (χ0n) is 12.3. The number of carbonyl (C=O) groups excluding carboxylic acids is 1. The topological polar surface area (TPSA) is 55.6 Å². The predicted molar refractivity (Wildman–Crippen MR) is 84.4 cm³/mol. The van der Waals surface area contributed by atoms with Crippen LogP contribution in [-0.2, 0) is 0 Å². The van der Waals surface area contributed by atoms with E-state index < -0.39 is 0 Å². The fourth-order valence-corrected chi connectivity index (χ4v) is 3.50. The van der Waals surface area contributed by atoms with Gasteiger partial charge in [0.15, 0.2) is 5.75 Å². The maximum atomic E-state index is 12.8. The van der Waals surface area contributed by atoms with Crippen molar-refractivity contribution in [3.05, 3.63) is 23.8 Å². The van der Waals surface area contributed by atoms with Crippen molar-refractivity contribution in [2.45, 2.75) is 32.1 Å². The molecule has 110 valence electrons. The Morgan fingerprint density at radius 1 is 1.50 bits per heavy atom. The van der Waals surface area contributed by atoms with Crippen LogP contribution >= 0.6 is 11.8 Å². The van der Waals surface area contributed by atoms with Crippen LogP contribution in [0.15, 0.2) is 18.2 Å². The lowest BCUT2D eigenvalue weighted by Gasteiger charge is -2.37. The van der Waals surface area contributed by atoms with Gasteiger partial charge in [0.1, 0.15) is 0 Å². The molecule has 0 saturated carbocycles. The smallest absolute Gasteiger partial charge is 0.258 e. The average Bonchev–Trinajstić information content (AvgIpc) is 2.43. The third-order valence-corrected chi connectivity index (χ3v) is 5.05. The van der Waals surface area contributed by atoms with Gasteiger partial charge in [-0.3, -0.25) is 4.79 Å². The van der Waals surface area contributed by atoms with Gasteiger partial charge in [0.2, 0.25) is 0 Å². The Balaban J connectivity index is 2.31.